The van der Waals surface area contributed by atoms with Crippen molar-refractivity contribution in [3.63, 3.8) is 0 Å². The Morgan fingerprint density at radius 2 is 1.91 bits per heavy atom. The van der Waals surface area contributed by atoms with Crippen molar-refractivity contribution in [2.45, 2.75) is 24.5 Å². The lowest BCUT2D eigenvalue weighted by atomic mass is 9.96. The number of aromatic nitrogens is 1. The minimum absolute atomic E-state index is 0. The summed E-state index contributed by atoms with van der Waals surface area (Å²) in [5, 5.41) is 5.72. The molecular formula is C13H21Cl2N3O3S. The molecule has 9 heteroatoms. The number of pyridine rings is 1. The Balaban J connectivity index is 0.00000220. The second kappa shape index (κ2) is 8.10. The summed E-state index contributed by atoms with van der Waals surface area (Å²) in [6, 6.07) is 3.53. The van der Waals surface area contributed by atoms with Gasteiger partial charge in [0.05, 0.1) is 0 Å². The summed E-state index contributed by atoms with van der Waals surface area (Å²) >= 11 is 0. The van der Waals surface area contributed by atoms with Crippen molar-refractivity contribution in [3.8, 4) is 0 Å². The van der Waals surface area contributed by atoms with Crippen LogP contribution in [0.5, 0.6) is 0 Å². The molecule has 126 valence electrons. The molecule has 2 rings (SSSR count). The quantitative estimate of drug-likeness (QED) is 0.838. The number of piperidine rings is 1. The second-order valence-electron chi connectivity index (χ2n) is 5.19. The average Bonchev–Trinajstić information content (AvgIpc) is 2.38. The maximum absolute atomic E-state index is 12.5. The zero-order chi connectivity index (χ0) is 14.8. The maximum Gasteiger partial charge on any atom is 0.247 e. The number of amides is 1. The van der Waals surface area contributed by atoms with Crippen LogP contribution >= 0.6 is 24.8 Å². The fourth-order valence-electron chi connectivity index (χ4n) is 2.43. The van der Waals surface area contributed by atoms with E-state index in [2.05, 4.69) is 15.6 Å². The first kappa shape index (κ1) is 21.1. The van der Waals surface area contributed by atoms with Gasteiger partial charge in [-0.3, -0.25) is 4.79 Å². The molecule has 0 spiro atoms. The van der Waals surface area contributed by atoms with Crippen LogP contribution in [0, 0.1) is 6.92 Å². The first-order valence-corrected chi connectivity index (χ1v) is 8.39. The highest BCUT2D eigenvalue weighted by atomic mass is 35.5. The van der Waals surface area contributed by atoms with E-state index in [4.69, 9.17) is 0 Å². The number of sulfone groups is 1. The molecule has 1 saturated heterocycles. The molecule has 6 nitrogen and oxygen atoms in total. The van der Waals surface area contributed by atoms with E-state index in [0.29, 0.717) is 18.9 Å². The van der Waals surface area contributed by atoms with Crippen molar-refractivity contribution in [1.29, 1.82) is 0 Å². The zero-order valence-electron chi connectivity index (χ0n) is 12.5. The topological polar surface area (TPSA) is 88.2 Å². The highest BCUT2D eigenvalue weighted by Crippen LogP contribution is 2.29. The number of carbonyl (C=O) groups is 1. The second-order valence-corrected chi connectivity index (χ2v) is 7.51. The maximum atomic E-state index is 12.5. The fraction of sp³-hybridized carbons (Fsp3) is 0.538. The predicted octanol–water partition coefficient (Wildman–Crippen LogP) is 1.34. The largest absolute Gasteiger partial charge is 0.317 e. The smallest absolute Gasteiger partial charge is 0.247 e. The highest BCUT2D eigenvalue weighted by Gasteiger charge is 2.48. The molecule has 2 N–H and O–H groups in total. The van der Waals surface area contributed by atoms with E-state index in [9.17, 15) is 13.2 Å². The molecule has 1 aromatic heterocycles. The van der Waals surface area contributed by atoms with Gasteiger partial charge in [-0.05, 0) is 50.6 Å². The highest BCUT2D eigenvalue weighted by molar-refractivity contribution is 7.92. The van der Waals surface area contributed by atoms with Gasteiger partial charge in [-0.25, -0.2) is 13.4 Å². The monoisotopic (exact) mass is 369 g/mol. The summed E-state index contributed by atoms with van der Waals surface area (Å²) in [5.74, 6) is -0.101. The number of halogens is 2. The van der Waals surface area contributed by atoms with Gasteiger partial charge >= 0.3 is 0 Å². The number of carbonyl (C=O) groups excluding carboxylic acids is 1. The Labute approximate surface area is 143 Å². The Hall–Kier alpha value is -0.890. The lowest BCUT2D eigenvalue weighted by molar-refractivity contribution is -0.119. The molecule has 0 unspecified atom stereocenters. The number of aryl methyl sites for hydroxylation is 1. The molecule has 2 heterocycles. The molecule has 0 saturated carbocycles. The van der Waals surface area contributed by atoms with Gasteiger partial charge in [0, 0.05) is 12.5 Å². The molecule has 0 radical (unpaired) electrons. The predicted molar refractivity (Wildman–Crippen MR) is 91.8 cm³/mol. The van der Waals surface area contributed by atoms with E-state index in [1.54, 1.807) is 12.3 Å². The fourth-order valence-corrected chi connectivity index (χ4v) is 3.77. The minimum atomic E-state index is -3.50. The van der Waals surface area contributed by atoms with E-state index in [0.717, 1.165) is 11.8 Å². The number of anilines is 1. The van der Waals surface area contributed by atoms with Gasteiger partial charge in [-0.2, -0.15) is 0 Å². The third kappa shape index (κ3) is 4.32. The van der Waals surface area contributed by atoms with Gasteiger partial charge in [0.1, 0.15) is 5.82 Å². The third-order valence-corrected chi connectivity index (χ3v) is 5.71. The van der Waals surface area contributed by atoms with Gasteiger partial charge in [0.2, 0.25) is 5.91 Å². The number of nitrogens with zero attached hydrogens (tertiary/aromatic N) is 1. The Kier molecular flexibility index (Phi) is 7.77. The van der Waals surface area contributed by atoms with Crippen LogP contribution in [0.1, 0.15) is 18.4 Å². The van der Waals surface area contributed by atoms with E-state index in [1.807, 2.05) is 13.0 Å². The van der Waals surface area contributed by atoms with E-state index in [1.165, 1.54) is 0 Å². The Bertz CT molecular complexity index is 617. The standard InChI is InChI=1S/C13H19N3O3S.2ClH/c1-10-3-6-15-11(9-10)16-12(17)13(20(2,18)19)4-7-14-8-5-13;;/h3,6,9,14H,4-5,7-8H2,1-2H3,(H,15,16,17);2*1H. The van der Waals surface area contributed by atoms with Crippen molar-refractivity contribution >= 4 is 46.4 Å². The summed E-state index contributed by atoms with van der Waals surface area (Å²) in [4.78, 5) is 16.5. The van der Waals surface area contributed by atoms with Gasteiger partial charge in [0.25, 0.3) is 0 Å². The van der Waals surface area contributed by atoms with Crippen LogP contribution < -0.4 is 10.6 Å². The van der Waals surface area contributed by atoms with Crippen LogP contribution in [0.25, 0.3) is 0 Å². The molecule has 1 amide bonds. The van der Waals surface area contributed by atoms with Crippen LogP contribution in [0.2, 0.25) is 0 Å². The lowest BCUT2D eigenvalue weighted by Gasteiger charge is -2.34. The number of nitrogens with one attached hydrogen (secondary N) is 2. The van der Waals surface area contributed by atoms with Crippen molar-refractivity contribution in [1.82, 2.24) is 10.3 Å². The summed E-state index contributed by atoms with van der Waals surface area (Å²) in [5.41, 5.74) is 0.953. The van der Waals surface area contributed by atoms with Crippen LogP contribution in [-0.2, 0) is 14.6 Å². The van der Waals surface area contributed by atoms with E-state index in [-0.39, 0.29) is 37.7 Å². The molecule has 22 heavy (non-hydrogen) atoms. The summed E-state index contributed by atoms with van der Waals surface area (Å²) in [6.45, 7) is 2.91. The SMILES string of the molecule is Cc1ccnc(NC(=O)C2(S(C)(=O)=O)CCNCC2)c1.Cl.Cl. The molecule has 0 bridgehead atoms. The molecule has 0 aromatic carbocycles. The third-order valence-electron chi connectivity index (χ3n) is 3.69. The van der Waals surface area contributed by atoms with Crippen molar-refractivity contribution < 1.29 is 13.2 Å². The van der Waals surface area contributed by atoms with Crippen molar-refractivity contribution in [2.75, 3.05) is 24.7 Å². The van der Waals surface area contributed by atoms with Crippen molar-refractivity contribution in [3.05, 3.63) is 23.9 Å². The molecule has 1 aliphatic rings. The van der Waals surface area contributed by atoms with Crippen LogP contribution in [0.4, 0.5) is 5.82 Å². The van der Waals surface area contributed by atoms with Crippen LogP contribution in [0.3, 0.4) is 0 Å². The van der Waals surface area contributed by atoms with E-state index >= 15 is 0 Å². The van der Waals surface area contributed by atoms with Crippen molar-refractivity contribution in [2.24, 2.45) is 0 Å². The molecule has 1 fully saturated rings. The molecule has 1 aromatic rings. The molecular weight excluding hydrogens is 349 g/mol. The normalized spacial score (nSPS) is 16.8. The molecule has 0 aliphatic carbocycles. The van der Waals surface area contributed by atoms with E-state index < -0.39 is 20.5 Å². The first-order valence-electron chi connectivity index (χ1n) is 6.50. The first-order chi connectivity index (χ1) is 9.35. The zero-order valence-corrected chi connectivity index (χ0v) is 14.9. The molecule has 1 aliphatic heterocycles. The number of hydrogen-bond acceptors (Lipinski definition) is 5. The molecule has 0 atom stereocenters. The van der Waals surface area contributed by atoms with Crippen LogP contribution in [-0.4, -0.2) is 43.4 Å². The Morgan fingerprint density at radius 3 is 2.41 bits per heavy atom. The van der Waals surface area contributed by atoms with Gasteiger partial charge in [-0.15, -0.1) is 24.8 Å². The van der Waals surface area contributed by atoms with Crippen LogP contribution in [0.15, 0.2) is 18.3 Å². The summed E-state index contributed by atoms with van der Waals surface area (Å²) < 4.78 is 22.8. The van der Waals surface area contributed by atoms with Gasteiger partial charge in [-0.1, -0.05) is 0 Å². The van der Waals surface area contributed by atoms with Gasteiger partial charge < -0.3 is 10.6 Å². The summed E-state index contributed by atoms with van der Waals surface area (Å²) in [7, 11) is -3.50. The summed E-state index contributed by atoms with van der Waals surface area (Å²) in [6.07, 6.45) is 3.27. The minimum Gasteiger partial charge on any atom is -0.317 e. The van der Waals surface area contributed by atoms with Gasteiger partial charge in [0.15, 0.2) is 14.6 Å². The number of hydrogen-bond donors (Lipinski definition) is 2. The average molecular weight is 370 g/mol. The number of rotatable bonds is 3. The Morgan fingerprint density at radius 1 is 1.32 bits per heavy atom. The lowest BCUT2D eigenvalue weighted by Crippen LogP contribution is -2.55.